The minimum absolute atomic E-state index is 0.0136. The van der Waals surface area contributed by atoms with Crippen molar-refractivity contribution < 1.29 is 23.9 Å². The summed E-state index contributed by atoms with van der Waals surface area (Å²) in [6.07, 6.45) is 3.18. The normalized spacial score (nSPS) is 18.7. The summed E-state index contributed by atoms with van der Waals surface area (Å²) in [5.74, 6) is -0.908. The molecule has 200 valence electrons. The fourth-order valence-corrected chi connectivity index (χ4v) is 6.36. The van der Waals surface area contributed by atoms with Crippen LogP contribution in [0.5, 0.6) is 0 Å². The first kappa shape index (κ1) is 29.0. The predicted octanol–water partition coefficient (Wildman–Crippen LogP) is 4.60. The number of amides is 1. The quantitative estimate of drug-likeness (QED) is 0.327. The average molecular weight is 594 g/mol. The summed E-state index contributed by atoms with van der Waals surface area (Å²) in [5.41, 5.74) is 2.74. The Hall–Kier alpha value is -2.54. The fraction of sp³-hybridized carbons (Fsp3) is 0.464. The van der Waals surface area contributed by atoms with Crippen molar-refractivity contribution in [3.05, 3.63) is 57.5 Å². The molecule has 2 heterocycles. The molecule has 37 heavy (non-hydrogen) atoms. The number of hydrogen-bond acceptors (Lipinski definition) is 5. The van der Waals surface area contributed by atoms with Gasteiger partial charge >= 0.3 is 193 Å². The molecule has 0 aliphatic carbocycles. The van der Waals surface area contributed by atoms with Crippen LogP contribution in [0.2, 0.25) is 10.3 Å². The van der Waals surface area contributed by atoms with Gasteiger partial charge in [-0.1, -0.05) is 0 Å². The first-order valence-corrected chi connectivity index (χ1v) is 14.8. The number of benzene rings is 1. The number of halogens is 1. The van der Waals surface area contributed by atoms with Gasteiger partial charge in [0.2, 0.25) is 0 Å². The van der Waals surface area contributed by atoms with E-state index >= 15 is 0 Å². The topological polar surface area (TPSA) is 97.5 Å². The molecule has 2 N–H and O–H groups in total. The van der Waals surface area contributed by atoms with Crippen LogP contribution >= 0.6 is 11.6 Å². The van der Waals surface area contributed by atoms with Gasteiger partial charge in [-0.2, -0.15) is 0 Å². The van der Waals surface area contributed by atoms with Gasteiger partial charge in [-0.15, -0.1) is 0 Å². The number of hydrogen-bond donors (Lipinski definition) is 2. The van der Waals surface area contributed by atoms with Crippen LogP contribution in [0.1, 0.15) is 67.8 Å². The van der Waals surface area contributed by atoms with Crippen molar-refractivity contribution in [2.45, 2.75) is 64.8 Å². The van der Waals surface area contributed by atoms with Gasteiger partial charge in [0, 0.05) is 0 Å². The Kier molecular flexibility index (Phi) is 9.68. The van der Waals surface area contributed by atoms with E-state index < -0.39 is 11.6 Å². The summed E-state index contributed by atoms with van der Waals surface area (Å²) in [5, 5.41) is 4.72. The third kappa shape index (κ3) is 7.73. The molecule has 1 aromatic heterocycles. The van der Waals surface area contributed by atoms with Gasteiger partial charge in [-0.05, 0) is 20.8 Å². The Labute approximate surface area is 229 Å². The SMILES string of the molecule is COC(=O)CCc1c(C(=O)OC(C)(C)C)[nH]c(/C=C2\NC(=O)[C@@H](CC[Se]c3ccc(Cl)cc3)[C@@H]2C)c1C. The van der Waals surface area contributed by atoms with Crippen molar-refractivity contribution in [1.82, 2.24) is 10.3 Å². The number of nitrogens with one attached hydrogen (secondary N) is 2. The number of allylic oxidation sites excluding steroid dienone is 1. The Morgan fingerprint density at radius 1 is 1.19 bits per heavy atom. The number of H-pyrrole nitrogens is 1. The zero-order chi connectivity index (χ0) is 27.3. The van der Waals surface area contributed by atoms with Crippen molar-refractivity contribution >= 4 is 54.9 Å². The standard InChI is InChI=1S/C28H35ClN2O5Se/c1-16-20(11-12-24(32)35-6)25(27(34)36-28(3,4)5)30-22(16)15-23-17(2)21(26(33)31-23)13-14-37-19-9-7-18(29)8-10-19/h7-10,15,17,21,30H,11-14H2,1-6H3,(H,31,33)/b23-15-/t17-,21-/m0/s1. The summed E-state index contributed by atoms with van der Waals surface area (Å²) in [7, 11) is 1.34. The number of methoxy groups -OCH3 is 1. The van der Waals surface area contributed by atoms with E-state index in [1.807, 2.05) is 58.0 Å². The molecule has 0 spiro atoms. The zero-order valence-electron chi connectivity index (χ0n) is 22.2. The molecule has 0 unspecified atom stereocenters. The van der Waals surface area contributed by atoms with E-state index in [2.05, 4.69) is 17.2 Å². The number of aromatic amines is 1. The van der Waals surface area contributed by atoms with E-state index in [0.717, 1.165) is 28.0 Å². The molecule has 1 aromatic carbocycles. The molecular weight excluding hydrogens is 559 g/mol. The van der Waals surface area contributed by atoms with E-state index in [4.69, 9.17) is 21.1 Å². The van der Waals surface area contributed by atoms with Gasteiger partial charge < -0.3 is 4.74 Å². The number of carbonyl (C=O) groups excluding carboxylic acids is 3. The molecule has 1 saturated heterocycles. The van der Waals surface area contributed by atoms with Crippen LogP contribution in [0.4, 0.5) is 0 Å². The summed E-state index contributed by atoms with van der Waals surface area (Å²) >= 11 is 6.24. The predicted molar refractivity (Wildman–Crippen MR) is 146 cm³/mol. The Morgan fingerprint density at radius 3 is 2.49 bits per heavy atom. The van der Waals surface area contributed by atoms with Gasteiger partial charge in [-0.3, -0.25) is 4.79 Å². The minimum atomic E-state index is -0.664. The first-order chi connectivity index (χ1) is 17.4. The number of ether oxygens (including phenoxy) is 2. The Balaban J connectivity index is 1.79. The molecule has 9 heteroatoms. The van der Waals surface area contributed by atoms with E-state index in [1.54, 1.807) is 0 Å². The van der Waals surface area contributed by atoms with Crippen LogP contribution in [0.15, 0.2) is 30.0 Å². The second kappa shape index (κ2) is 12.3. The van der Waals surface area contributed by atoms with Crippen LogP contribution in [-0.2, 0) is 25.5 Å². The Bertz CT molecular complexity index is 1180. The van der Waals surface area contributed by atoms with E-state index in [0.29, 0.717) is 23.4 Å². The first-order valence-electron chi connectivity index (χ1n) is 12.3. The molecule has 1 fully saturated rings. The number of carbonyl (C=O) groups is 3. The number of esters is 2. The van der Waals surface area contributed by atoms with E-state index in [1.165, 1.54) is 11.6 Å². The van der Waals surface area contributed by atoms with Crippen molar-refractivity contribution in [2.24, 2.45) is 11.8 Å². The molecular formula is C28H35ClN2O5Se. The van der Waals surface area contributed by atoms with Crippen LogP contribution in [0.25, 0.3) is 6.08 Å². The van der Waals surface area contributed by atoms with Gasteiger partial charge in [0.25, 0.3) is 0 Å². The van der Waals surface area contributed by atoms with E-state index in [9.17, 15) is 14.4 Å². The molecule has 0 radical (unpaired) electrons. The fourth-order valence-electron chi connectivity index (χ4n) is 4.27. The summed E-state index contributed by atoms with van der Waals surface area (Å²) in [4.78, 5) is 40.7. The van der Waals surface area contributed by atoms with Crippen molar-refractivity contribution in [3.63, 3.8) is 0 Å². The molecule has 2 atom stereocenters. The second-order valence-corrected chi connectivity index (χ2v) is 13.1. The third-order valence-electron chi connectivity index (χ3n) is 6.34. The summed E-state index contributed by atoms with van der Waals surface area (Å²) in [6.45, 7) is 9.37. The van der Waals surface area contributed by atoms with Crippen LogP contribution < -0.4 is 9.78 Å². The maximum absolute atomic E-state index is 13.0. The van der Waals surface area contributed by atoms with Crippen LogP contribution in [0.3, 0.4) is 0 Å². The molecule has 1 amide bonds. The maximum atomic E-state index is 13.0. The number of aromatic nitrogens is 1. The van der Waals surface area contributed by atoms with Crippen LogP contribution in [0, 0.1) is 18.8 Å². The molecule has 0 saturated carbocycles. The van der Waals surface area contributed by atoms with Crippen molar-refractivity contribution in [2.75, 3.05) is 7.11 Å². The molecule has 7 nitrogen and oxygen atoms in total. The van der Waals surface area contributed by atoms with Gasteiger partial charge in [0.1, 0.15) is 0 Å². The van der Waals surface area contributed by atoms with E-state index in [-0.39, 0.29) is 45.1 Å². The average Bonchev–Trinajstić information content (AvgIpc) is 3.28. The second-order valence-electron chi connectivity index (χ2n) is 10.2. The molecule has 1 aliphatic rings. The molecule has 1 aliphatic heterocycles. The van der Waals surface area contributed by atoms with Gasteiger partial charge in [0.05, 0.1) is 7.11 Å². The number of rotatable bonds is 9. The van der Waals surface area contributed by atoms with Gasteiger partial charge in [0.15, 0.2) is 0 Å². The molecule has 3 rings (SSSR count). The molecule has 0 bridgehead atoms. The van der Waals surface area contributed by atoms with Crippen molar-refractivity contribution in [1.29, 1.82) is 0 Å². The zero-order valence-corrected chi connectivity index (χ0v) is 24.7. The van der Waals surface area contributed by atoms with Crippen molar-refractivity contribution in [3.8, 4) is 0 Å². The monoisotopic (exact) mass is 594 g/mol. The summed E-state index contributed by atoms with van der Waals surface area (Å²) < 4.78 is 11.6. The third-order valence-corrected chi connectivity index (χ3v) is 8.78. The van der Waals surface area contributed by atoms with Gasteiger partial charge in [-0.25, -0.2) is 0 Å². The Morgan fingerprint density at radius 2 is 1.86 bits per heavy atom. The molecule has 2 aromatic rings. The summed E-state index contributed by atoms with van der Waals surface area (Å²) in [6, 6.07) is 7.88. The van der Waals surface area contributed by atoms with Crippen LogP contribution in [-0.4, -0.2) is 50.5 Å².